The predicted molar refractivity (Wildman–Crippen MR) is 116 cm³/mol. The fraction of sp³-hybridized carbons (Fsp3) is 0.318. The largest absolute Gasteiger partial charge is 0.467 e. The number of aryl methyl sites for hydroxylation is 1. The summed E-state index contributed by atoms with van der Waals surface area (Å²) in [6, 6.07) is 14.9. The van der Waals surface area contributed by atoms with Crippen LogP contribution in [0.4, 0.5) is 0 Å². The molecule has 3 rings (SSSR count). The van der Waals surface area contributed by atoms with Gasteiger partial charge in [0.1, 0.15) is 9.84 Å². The van der Waals surface area contributed by atoms with Gasteiger partial charge in [-0.05, 0) is 48.2 Å². The molecule has 0 aliphatic heterocycles. The average Bonchev–Trinajstić information content (AvgIpc) is 3.13. The van der Waals surface area contributed by atoms with Crippen LogP contribution >= 0.6 is 11.6 Å². The van der Waals surface area contributed by atoms with E-state index in [9.17, 15) is 13.2 Å². The number of aromatic nitrogens is 1. The van der Waals surface area contributed by atoms with Gasteiger partial charge in [-0.25, -0.2) is 13.2 Å². The Morgan fingerprint density at radius 3 is 2.41 bits per heavy atom. The summed E-state index contributed by atoms with van der Waals surface area (Å²) < 4.78 is 30.4. The minimum absolute atomic E-state index is 0.0738. The zero-order chi connectivity index (χ0) is 21.2. The third-order valence-electron chi connectivity index (χ3n) is 5.33. The van der Waals surface area contributed by atoms with E-state index in [0.717, 1.165) is 22.0 Å². The maximum atomic E-state index is 13.1. The number of rotatable bonds is 7. The van der Waals surface area contributed by atoms with Crippen molar-refractivity contribution in [3.05, 3.63) is 70.9 Å². The highest BCUT2D eigenvalue weighted by Gasteiger charge is 2.42. The lowest BCUT2D eigenvalue weighted by atomic mass is 9.86. The minimum atomic E-state index is -3.08. The molecule has 1 heterocycles. The number of fused-ring (bicyclic) bond motifs is 1. The summed E-state index contributed by atoms with van der Waals surface area (Å²) in [7, 11) is -1.69. The van der Waals surface area contributed by atoms with Crippen molar-refractivity contribution < 1.29 is 17.9 Å². The molecule has 1 atom stereocenters. The molecule has 1 unspecified atom stereocenters. The van der Waals surface area contributed by atoms with Crippen molar-refractivity contribution in [2.75, 3.05) is 19.1 Å². The second-order valence-electron chi connectivity index (χ2n) is 7.13. The molecular formula is C22H24ClNO4S. The van der Waals surface area contributed by atoms with Gasteiger partial charge in [-0.15, -0.1) is 0 Å². The van der Waals surface area contributed by atoms with Crippen LogP contribution in [-0.4, -0.2) is 38.1 Å². The molecule has 154 valence electrons. The van der Waals surface area contributed by atoms with Crippen LogP contribution in [0.1, 0.15) is 24.5 Å². The first-order chi connectivity index (χ1) is 13.7. The summed E-state index contributed by atoms with van der Waals surface area (Å²) in [6.07, 6.45) is 3.99. The standard InChI is InChI=1S/C22H24ClNO4S/c1-4-22(21(25)28-2,17-8-10-18(23)11-9-17)24-14-12-19-16(6-5-7-20(19)24)13-15-29(3,26)27/h5-12,14H,4,13,15H2,1-3H3. The van der Waals surface area contributed by atoms with Crippen LogP contribution in [0.25, 0.3) is 10.9 Å². The molecule has 0 radical (unpaired) electrons. The van der Waals surface area contributed by atoms with E-state index < -0.39 is 15.4 Å². The highest BCUT2D eigenvalue weighted by atomic mass is 35.5. The zero-order valence-electron chi connectivity index (χ0n) is 16.7. The second-order valence-corrected chi connectivity index (χ2v) is 9.82. The van der Waals surface area contributed by atoms with Crippen molar-refractivity contribution >= 4 is 38.3 Å². The molecule has 0 fully saturated rings. The van der Waals surface area contributed by atoms with Gasteiger partial charge in [0.15, 0.2) is 5.54 Å². The fourth-order valence-corrected chi connectivity index (χ4v) is 4.56. The Labute approximate surface area is 176 Å². The molecule has 5 nitrogen and oxygen atoms in total. The number of nitrogens with zero attached hydrogens (tertiary/aromatic N) is 1. The Morgan fingerprint density at radius 1 is 1.14 bits per heavy atom. The molecular weight excluding hydrogens is 410 g/mol. The Kier molecular flexibility index (Phi) is 6.05. The Hall–Kier alpha value is -2.31. The summed E-state index contributed by atoms with van der Waals surface area (Å²) in [5.41, 5.74) is 1.49. The molecule has 0 spiro atoms. The number of hydrogen-bond acceptors (Lipinski definition) is 4. The van der Waals surface area contributed by atoms with Crippen molar-refractivity contribution in [2.24, 2.45) is 0 Å². The van der Waals surface area contributed by atoms with Crippen molar-refractivity contribution in [3.63, 3.8) is 0 Å². The van der Waals surface area contributed by atoms with E-state index in [1.165, 1.54) is 13.4 Å². The van der Waals surface area contributed by atoms with E-state index in [1.54, 1.807) is 12.1 Å². The number of carbonyl (C=O) groups excluding carboxylic acids is 1. The number of methoxy groups -OCH3 is 1. The van der Waals surface area contributed by atoms with Gasteiger partial charge >= 0.3 is 5.97 Å². The smallest absolute Gasteiger partial charge is 0.336 e. The number of carbonyl (C=O) groups is 1. The van der Waals surface area contributed by atoms with Crippen LogP contribution in [0.5, 0.6) is 0 Å². The van der Waals surface area contributed by atoms with Gasteiger partial charge in [-0.1, -0.05) is 42.8 Å². The van der Waals surface area contributed by atoms with Gasteiger partial charge in [0, 0.05) is 28.4 Å². The summed E-state index contributed by atoms with van der Waals surface area (Å²) in [6.45, 7) is 1.94. The highest BCUT2D eigenvalue weighted by Crippen LogP contribution is 2.36. The Balaban J connectivity index is 2.21. The van der Waals surface area contributed by atoms with Gasteiger partial charge < -0.3 is 9.30 Å². The Morgan fingerprint density at radius 2 is 1.83 bits per heavy atom. The van der Waals surface area contributed by atoms with Crippen molar-refractivity contribution in [3.8, 4) is 0 Å². The fourth-order valence-electron chi connectivity index (χ4n) is 3.85. The van der Waals surface area contributed by atoms with E-state index >= 15 is 0 Å². The molecule has 0 aliphatic carbocycles. The van der Waals surface area contributed by atoms with E-state index in [2.05, 4.69) is 0 Å². The van der Waals surface area contributed by atoms with Crippen LogP contribution in [0.3, 0.4) is 0 Å². The van der Waals surface area contributed by atoms with E-state index in [4.69, 9.17) is 16.3 Å². The van der Waals surface area contributed by atoms with Crippen molar-refractivity contribution in [1.82, 2.24) is 4.57 Å². The normalized spacial score (nSPS) is 13.9. The van der Waals surface area contributed by atoms with Crippen LogP contribution in [-0.2, 0) is 31.3 Å². The molecule has 29 heavy (non-hydrogen) atoms. The third kappa shape index (κ3) is 4.05. The van der Waals surface area contributed by atoms with Crippen molar-refractivity contribution in [1.29, 1.82) is 0 Å². The lowest BCUT2D eigenvalue weighted by molar-refractivity contribution is -0.149. The maximum absolute atomic E-state index is 13.1. The minimum Gasteiger partial charge on any atom is -0.467 e. The van der Waals surface area contributed by atoms with Crippen LogP contribution in [0, 0.1) is 0 Å². The first kappa shape index (κ1) is 21.4. The van der Waals surface area contributed by atoms with E-state index in [0.29, 0.717) is 17.9 Å². The molecule has 0 saturated carbocycles. The molecule has 0 aliphatic rings. The molecule has 0 bridgehead atoms. The van der Waals surface area contributed by atoms with E-state index in [1.807, 2.05) is 54.1 Å². The van der Waals surface area contributed by atoms with Gasteiger partial charge in [-0.3, -0.25) is 0 Å². The molecule has 0 saturated heterocycles. The number of ether oxygens (including phenoxy) is 1. The number of halogens is 1. The average molecular weight is 434 g/mol. The molecule has 1 aromatic heterocycles. The lowest BCUT2D eigenvalue weighted by Crippen LogP contribution is -2.43. The monoisotopic (exact) mass is 433 g/mol. The number of hydrogen-bond donors (Lipinski definition) is 0. The topological polar surface area (TPSA) is 65.4 Å². The van der Waals surface area contributed by atoms with Crippen LogP contribution in [0.2, 0.25) is 5.02 Å². The highest BCUT2D eigenvalue weighted by molar-refractivity contribution is 7.90. The van der Waals surface area contributed by atoms with Gasteiger partial charge in [0.2, 0.25) is 0 Å². The van der Waals surface area contributed by atoms with Gasteiger partial charge in [0.25, 0.3) is 0 Å². The van der Waals surface area contributed by atoms with Crippen LogP contribution in [0.15, 0.2) is 54.7 Å². The maximum Gasteiger partial charge on any atom is 0.336 e. The number of esters is 1. The number of sulfone groups is 1. The van der Waals surface area contributed by atoms with Crippen LogP contribution < -0.4 is 0 Å². The summed E-state index contributed by atoms with van der Waals surface area (Å²) in [5.74, 6) is -0.300. The SMILES string of the molecule is CCC(C(=O)OC)(c1ccc(Cl)cc1)n1ccc2c(CCS(C)(=O)=O)cccc21. The second kappa shape index (κ2) is 8.20. The molecule has 7 heteroatoms. The quantitative estimate of drug-likeness (QED) is 0.523. The summed E-state index contributed by atoms with van der Waals surface area (Å²) in [4.78, 5) is 13.1. The molecule has 3 aromatic rings. The summed E-state index contributed by atoms with van der Waals surface area (Å²) in [5, 5.41) is 1.51. The number of benzene rings is 2. The van der Waals surface area contributed by atoms with Gasteiger partial charge in [-0.2, -0.15) is 0 Å². The van der Waals surface area contributed by atoms with E-state index in [-0.39, 0.29) is 11.7 Å². The zero-order valence-corrected chi connectivity index (χ0v) is 18.3. The third-order valence-corrected chi connectivity index (χ3v) is 6.53. The summed E-state index contributed by atoms with van der Waals surface area (Å²) >= 11 is 6.06. The van der Waals surface area contributed by atoms with Crippen molar-refractivity contribution in [2.45, 2.75) is 25.3 Å². The molecule has 2 aromatic carbocycles. The molecule has 0 amide bonds. The predicted octanol–water partition coefficient (Wildman–Crippen LogP) is 4.21. The lowest BCUT2D eigenvalue weighted by Gasteiger charge is -2.33. The first-order valence-corrected chi connectivity index (χ1v) is 11.8. The Bertz CT molecular complexity index is 1140. The van der Waals surface area contributed by atoms with Gasteiger partial charge in [0.05, 0.1) is 12.9 Å². The first-order valence-electron chi connectivity index (χ1n) is 9.34. The molecule has 0 N–H and O–H groups in total.